The van der Waals surface area contributed by atoms with Crippen molar-refractivity contribution in [2.24, 2.45) is 0 Å². The fraction of sp³-hybridized carbons (Fsp3) is 0.267. The highest BCUT2D eigenvalue weighted by Gasteiger charge is 2.14. The second-order valence-corrected chi connectivity index (χ2v) is 4.65. The Kier molecular flexibility index (Phi) is 4.53. The Labute approximate surface area is 114 Å². The fourth-order valence-electron chi connectivity index (χ4n) is 2.04. The summed E-state index contributed by atoms with van der Waals surface area (Å²) in [5, 5.41) is 3.98. The smallest absolute Gasteiger partial charge is 0.169 e. The largest absolute Gasteiger partial charge is 0.359 e. The first-order valence-corrected chi connectivity index (χ1v) is 6.60. The van der Waals surface area contributed by atoms with Gasteiger partial charge in [0.2, 0.25) is 0 Å². The molecule has 0 saturated carbocycles. The van der Waals surface area contributed by atoms with Gasteiger partial charge in [-0.3, -0.25) is 0 Å². The summed E-state index contributed by atoms with van der Waals surface area (Å²) in [5.74, 6) is 0. The van der Waals surface area contributed by atoms with Crippen LogP contribution in [-0.4, -0.2) is 29.6 Å². The molecule has 0 aromatic heterocycles. The maximum atomic E-state index is 5.33. The van der Waals surface area contributed by atoms with Crippen molar-refractivity contribution in [1.82, 2.24) is 10.2 Å². The lowest BCUT2D eigenvalue weighted by molar-refractivity contribution is 0.453. The van der Waals surface area contributed by atoms with Crippen molar-refractivity contribution >= 4 is 22.9 Å². The molecule has 18 heavy (non-hydrogen) atoms. The zero-order chi connectivity index (χ0) is 12.8. The Hall–Kier alpha value is -1.61. The molecule has 3 heteroatoms. The van der Waals surface area contributed by atoms with Crippen molar-refractivity contribution < 1.29 is 0 Å². The molecule has 0 radical (unpaired) electrons. The lowest BCUT2D eigenvalue weighted by atomic mass is 10.00. The summed E-state index contributed by atoms with van der Waals surface area (Å²) in [6, 6.07) is 10.5. The molecular weight excluding hydrogens is 240 g/mol. The van der Waals surface area contributed by atoms with Crippen LogP contribution in [0.3, 0.4) is 0 Å². The van der Waals surface area contributed by atoms with Gasteiger partial charge in [-0.1, -0.05) is 42.5 Å². The molecule has 0 aliphatic carbocycles. The highest BCUT2D eigenvalue weighted by atomic mass is 32.1. The molecule has 0 amide bonds. The van der Waals surface area contributed by atoms with Crippen LogP contribution in [0.15, 0.2) is 49.1 Å². The minimum atomic E-state index is 0.727. The van der Waals surface area contributed by atoms with Gasteiger partial charge in [0, 0.05) is 19.6 Å². The summed E-state index contributed by atoms with van der Waals surface area (Å²) in [7, 11) is 0. The molecule has 1 aromatic rings. The molecule has 1 aliphatic rings. The quantitative estimate of drug-likeness (QED) is 0.663. The maximum Gasteiger partial charge on any atom is 0.169 e. The van der Waals surface area contributed by atoms with Crippen LogP contribution >= 0.6 is 12.2 Å². The van der Waals surface area contributed by atoms with Gasteiger partial charge in [-0.2, -0.15) is 0 Å². The third-order valence-corrected chi connectivity index (χ3v) is 3.44. The third kappa shape index (κ3) is 3.20. The van der Waals surface area contributed by atoms with Crippen LogP contribution in [0.25, 0.3) is 5.57 Å². The van der Waals surface area contributed by atoms with Gasteiger partial charge < -0.3 is 10.2 Å². The zero-order valence-corrected chi connectivity index (χ0v) is 11.2. The average molecular weight is 258 g/mol. The maximum absolute atomic E-state index is 5.33. The highest BCUT2D eigenvalue weighted by Crippen LogP contribution is 2.21. The van der Waals surface area contributed by atoms with E-state index >= 15 is 0 Å². The minimum Gasteiger partial charge on any atom is -0.359 e. The van der Waals surface area contributed by atoms with Gasteiger partial charge in [-0.15, -0.1) is 6.58 Å². The monoisotopic (exact) mass is 258 g/mol. The van der Waals surface area contributed by atoms with Gasteiger partial charge in [-0.05, 0) is 29.8 Å². The van der Waals surface area contributed by atoms with Crippen LogP contribution in [0.1, 0.15) is 12.0 Å². The van der Waals surface area contributed by atoms with E-state index in [9.17, 15) is 0 Å². The summed E-state index contributed by atoms with van der Waals surface area (Å²) >= 11 is 5.33. The number of hydrogen-bond acceptors (Lipinski definition) is 1. The van der Waals surface area contributed by atoms with E-state index in [1.807, 2.05) is 12.1 Å². The summed E-state index contributed by atoms with van der Waals surface area (Å²) < 4.78 is 0. The van der Waals surface area contributed by atoms with E-state index in [2.05, 4.69) is 47.1 Å². The lowest BCUT2D eigenvalue weighted by Gasteiger charge is -2.29. The van der Waals surface area contributed by atoms with E-state index in [0.29, 0.717) is 0 Å². The number of thiocarbonyl (C=S) groups is 1. The first kappa shape index (κ1) is 12.8. The molecule has 2 rings (SSSR count). The van der Waals surface area contributed by atoms with Gasteiger partial charge >= 0.3 is 0 Å². The first-order chi connectivity index (χ1) is 8.81. The van der Waals surface area contributed by atoms with E-state index in [4.69, 9.17) is 12.2 Å². The molecule has 1 aromatic carbocycles. The minimum absolute atomic E-state index is 0.727. The standard InChI is InChI=1S/C15H18N2S/c1-2-10-16-15(18)17-11-8-14(9-12-17)13-6-4-3-5-7-13/h2-8H,1,9-12H2,(H,16,18). The molecule has 0 unspecified atom stereocenters. The van der Waals surface area contributed by atoms with E-state index in [1.54, 1.807) is 0 Å². The summed E-state index contributed by atoms with van der Waals surface area (Å²) in [4.78, 5) is 2.19. The van der Waals surface area contributed by atoms with E-state index in [1.165, 1.54) is 11.1 Å². The third-order valence-electron chi connectivity index (χ3n) is 3.04. The lowest BCUT2D eigenvalue weighted by Crippen LogP contribution is -2.41. The molecule has 2 nitrogen and oxygen atoms in total. The topological polar surface area (TPSA) is 15.3 Å². The number of hydrogen-bond donors (Lipinski definition) is 1. The molecule has 1 aliphatic heterocycles. The van der Waals surface area contributed by atoms with Crippen molar-refractivity contribution in [3.63, 3.8) is 0 Å². The Balaban J connectivity index is 1.96. The van der Waals surface area contributed by atoms with Crippen LogP contribution in [0.4, 0.5) is 0 Å². The SMILES string of the molecule is C=CCNC(=S)N1CC=C(c2ccccc2)CC1. The Morgan fingerprint density at radius 1 is 1.39 bits per heavy atom. The molecule has 0 fully saturated rings. The Bertz CT molecular complexity index is 451. The van der Waals surface area contributed by atoms with Gasteiger partial charge in [0.1, 0.15) is 0 Å². The van der Waals surface area contributed by atoms with Crippen LogP contribution in [0, 0.1) is 0 Å². The normalized spacial score (nSPS) is 14.9. The van der Waals surface area contributed by atoms with Crippen molar-refractivity contribution in [3.8, 4) is 0 Å². The van der Waals surface area contributed by atoms with Crippen LogP contribution in [-0.2, 0) is 0 Å². The molecule has 0 saturated heterocycles. The molecule has 0 bridgehead atoms. The zero-order valence-electron chi connectivity index (χ0n) is 10.4. The second kappa shape index (κ2) is 6.36. The van der Waals surface area contributed by atoms with Gasteiger partial charge in [0.15, 0.2) is 5.11 Å². The molecule has 0 atom stereocenters. The van der Waals surface area contributed by atoms with E-state index in [0.717, 1.165) is 31.2 Å². The van der Waals surface area contributed by atoms with Crippen molar-refractivity contribution in [3.05, 3.63) is 54.6 Å². The molecule has 1 heterocycles. The highest BCUT2D eigenvalue weighted by molar-refractivity contribution is 7.80. The van der Waals surface area contributed by atoms with Gasteiger partial charge in [-0.25, -0.2) is 0 Å². The van der Waals surface area contributed by atoms with Crippen LogP contribution in [0.2, 0.25) is 0 Å². The van der Waals surface area contributed by atoms with E-state index < -0.39 is 0 Å². The number of rotatable bonds is 3. The summed E-state index contributed by atoms with van der Waals surface area (Å²) in [6.45, 7) is 6.26. The predicted molar refractivity (Wildman–Crippen MR) is 81.4 cm³/mol. The summed E-state index contributed by atoms with van der Waals surface area (Å²) in [5.41, 5.74) is 2.74. The van der Waals surface area contributed by atoms with Crippen LogP contribution < -0.4 is 5.32 Å². The number of nitrogens with zero attached hydrogens (tertiary/aromatic N) is 1. The van der Waals surface area contributed by atoms with Crippen LogP contribution in [0.5, 0.6) is 0 Å². The van der Waals surface area contributed by atoms with Gasteiger partial charge in [0.05, 0.1) is 0 Å². The Morgan fingerprint density at radius 2 is 2.17 bits per heavy atom. The molecule has 0 spiro atoms. The van der Waals surface area contributed by atoms with Gasteiger partial charge in [0.25, 0.3) is 0 Å². The van der Waals surface area contributed by atoms with Crippen molar-refractivity contribution in [2.75, 3.05) is 19.6 Å². The number of nitrogens with one attached hydrogen (secondary N) is 1. The summed E-state index contributed by atoms with van der Waals surface area (Å²) in [6.07, 6.45) is 5.13. The predicted octanol–water partition coefficient (Wildman–Crippen LogP) is 2.84. The molecule has 94 valence electrons. The fourth-order valence-corrected chi connectivity index (χ4v) is 2.29. The molecule has 1 N–H and O–H groups in total. The number of benzene rings is 1. The second-order valence-electron chi connectivity index (χ2n) is 4.27. The molecular formula is C15H18N2S. The Morgan fingerprint density at radius 3 is 2.78 bits per heavy atom. The van der Waals surface area contributed by atoms with Crippen molar-refractivity contribution in [2.45, 2.75) is 6.42 Å². The van der Waals surface area contributed by atoms with Crippen molar-refractivity contribution in [1.29, 1.82) is 0 Å². The first-order valence-electron chi connectivity index (χ1n) is 6.19. The average Bonchev–Trinajstić information content (AvgIpc) is 2.46. The van der Waals surface area contributed by atoms with E-state index in [-0.39, 0.29) is 0 Å².